The number of piperidine rings is 1. The van der Waals surface area contributed by atoms with Crippen LogP contribution in [-0.4, -0.2) is 35.3 Å². The van der Waals surface area contributed by atoms with Crippen LogP contribution in [0.4, 0.5) is 0 Å². The lowest BCUT2D eigenvalue weighted by Gasteiger charge is -2.31. The Hall–Kier alpha value is -1.88. The minimum Gasteiger partial charge on any atom is -0.497 e. The van der Waals surface area contributed by atoms with E-state index in [0.717, 1.165) is 55.9 Å². The summed E-state index contributed by atoms with van der Waals surface area (Å²) in [6.45, 7) is 5.00. The number of hydrogen-bond donors (Lipinski definition) is 0. The molecule has 1 aromatic carbocycles. The molecule has 0 atom stereocenters. The summed E-state index contributed by atoms with van der Waals surface area (Å²) in [5.74, 6) is 3.16. The van der Waals surface area contributed by atoms with Gasteiger partial charge in [0, 0.05) is 6.42 Å². The summed E-state index contributed by atoms with van der Waals surface area (Å²) >= 11 is 0. The largest absolute Gasteiger partial charge is 0.497 e. The first-order valence-corrected chi connectivity index (χ1v) is 8.43. The standard InChI is InChI=1S/C18H25N3O2/c1-3-17-19-20-18(23-17)13-21-9-7-14(8-10-21)11-15-5-4-6-16(12-15)22-2/h4-6,12,14H,3,7-11,13H2,1-2H3. The van der Waals surface area contributed by atoms with E-state index in [1.807, 2.05) is 13.0 Å². The van der Waals surface area contributed by atoms with Gasteiger partial charge in [0.25, 0.3) is 0 Å². The molecular weight excluding hydrogens is 290 g/mol. The number of benzene rings is 1. The molecule has 0 spiro atoms. The Morgan fingerprint density at radius 3 is 2.70 bits per heavy atom. The highest BCUT2D eigenvalue weighted by atomic mass is 16.5. The zero-order chi connectivity index (χ0) is 16.1. The van der Waals surface area contributed by atoms with Gasteiger partial charge in [0.2, 0.25) is 11.8 Å². The summed E-state index contributed by atoms with van der Waals surface area (Å²) in [5, 5.41) is 8.15. The van der Waals surface area contributed by atoms with Gasteiger partial charge in [-0.05, 0) is 56.0 Å². The Morgan fingerprint density at radius 1 is 1.22 bits per heavy atom. The Bertz CT molecular complexity index is 618. The van der Waals surface area contributed by atoms with Crippen molar-refractivity contribution in [3.05, 3.63) is 41.6 Å². The predicted octanol–water partition coefficient (Wildman–Crippen LogP) is 3.10. The fourth-order valence-corrected chi connectivity index (χ4v) is 3.17. The van der Waals surface area contributed by atoms with Crippen LogP contribution in [0.5, 0.6) is 5.75 Å². The Morgan fingerprint density at radius 2 is 2.00 bits per heavy atom. The lowest BCUT2D eigenvalue weighted by atomic mass is 9.90. The zero-order valence-corrected chi connectivity index (χ0v) is 14.0. The van der Waals surface area contributed by atoms with Gasteiger partial charge in [-0.1, -0.05) is 19.1 Å². The third-order valence-corrected chi connectivity index (χ3v) is 4.54. The molecule has 5 nitrogen and oxygen atoms in total. The second-order valence-corrected chi connectivity index (χ2v) is 6.22. The molecule has 0 N–H and O–H groups in total. The normalized spacial score (nSPS) is 16.6. The molecule has 1 aliphatic heterocycles. The minimum absolute atomic E-state index is 0.730. The summed E-state index contributed by atoms with van der Waals surface area (Å²) < 4.78 is 10.9. The van der Waals surface area contributed by atoms with Gasteiger partial charge in [-0.2, -0.15) is 0 Å². The van der Waals surface area contributed by atoms with Crippen LogP contribution in [0.25, 0.3) is 0 Å². The van der Waals surface area contributed by atoms with Gasteiger partial charge in [0.1, 0.15) is 5.75 Å². The summed E-state index contributed by atoms with van der Waals surface area (Å²) in [6.07, 6.45) is 4.36. The molecule has 5 heteroatoms. The van der Waals surface area contributed by atoms with Gasteiger partial charge in [-0.3, -0.25) is 4.90 Å². The number of rotatable bonds is 6. The molecule has 2 aromatic rings. The first-order chi connectivity index (χ1) is 11.3. The fraction of sp³-hybridized carbons (Fsp3) is 0.556. The molecule has 0 amide bonds. The minimum atomic E-state index is 0.730. The average molecular weight is 315 g/mol. The maximum atomic E-state index is 5.61. The molecule has 3 rings (SSSR count). The topological polar surface area (TPSA) is 51.4 Å². The highest BCUT2D eigenvalue weighted by Gasteiger charge is 2.21. The molecule has 0 radical (unpaired) electrons. The van der Waals surface area contributed by atoms with E-state index in [9.17, 15) is 0 Å². The highest BCUT2D eigenvalue weighted by molar-refractivity contribution is 5.28. The van der Waals surface area contributed by atoms with Crippen LogP contribution < -0.4 is 4.74 Å². The van der Waals surface area contributed by atoms with Crippen molar-refractivity contribution < 1.29 is 9.15 Å². The number of hydrogen-bond acceptors (Lipinski definition) is 5. The van der Waals surface area contributed by atoms with Gasteiger partial charge in [-0.15, -0.1) is 10.2 Å². The van der Waals surface area contributed by atoms with E-state index in [1.54, 1.807) is 7.11 Å². The Kier molecular flexibility index (Phi) is 5.28. The zero-order valence-electron chi connectivity index (χ0n) is 14.0. The van der Waals surface area contributed by atoms with Crippen molar-refractivity contribution in [1.82, 2.24) is 15.1 Å². The molecule has 1 fully saturated rings. The van der Waals surface area contributed by atoms with E-state index in [0.29, 0.717) is 0 Å². The van der Waals surface area contributed by atoms with Gasteiger partial charge in [0.05, 0.1) is 13.7 Å². The molecule has 0 unspecified atom stereocenters. The first kappa shape index (κ1) is 16.0. The Balaban J connectivity index is 1.48. The lowest BCUT2D eigenvalue weighted by Crippen LogP contribution is -2.34. The van der Waals surface area contributed by atoms with Crippen LogP contribution in [0.1, 0.15) is 37.1 Å². The van der Waals surface area contributed by atoms with E-state index in [4.69, 9.17) is 9.15 Å². The van der Waals surface area contributed by atoms with Crippen molar-refractivity contribution in [3.8, 4) is 5.75 Å². The molecule has 2 heterocycles. The number of methoxy groups -OCH3 is 1. The molecule has 124 valence electrons. The van der Waals surface area contributed by atoms with E-state index < -0.39 is 0 Å². The van der Waals surface area contributed by atoms with Gasteiger partial charge in [0.15, 0.2) is 0 Å². The van der Waals surface area contributed by atoms with E-state index >= 15 is 0 Å². The number of aryl methyl sites for hydroxylation is 1. The highest BCUT2D eigenvalue weighted by Crippen LogP contribution is 2.24. The maximum absolute atomic E-state index is 5.61. The monoisotopic (exact) mass is 315 g/mol. The van der Waals surface area contributed by atoms with Crippen molar-refractivity contribution in [2.24, 2.45) is 5.92 Å². The fourth-order valence-electron chi connectivity index (χ4n) is 3.17. The number of nitrogens with zero attached hydrogens (tertiary/aromatic N) is 3. The van der Waals surface area contributed by atoms with Gasteiger partial charge in [-0.25, -0.2) is 0 Å². The molecule has 23 heavy (non-hydrogen) atoms. The first-order valence-electron chi connectivity index (χ1n) is 8.43. The smallest absolute Gasteiger partial charge is 0.230 e. The molecule has 1 saturated heterocycles. The Labute approximate surface area is 137 Å². The lowest BCUT2D eigenvalue weighted by molar-refractivity contribution is 0.163. The quantitative estimate of drug-likeness (QED) is 0.820. The van der Waals surface area contributed by atoms with Crippen LogP contribution in [0, 0.1) is 5.92 Å². The summed E-state index contributed by atoms with van der Waals surface area (Å²) in [7, 11) is 1.72. The number of ether oxygens (including phenoxy) is 1. The third kappa shape index (κ3) is 4.32. The summed E-state index contributed by atoms with van der Waals surface area (Å²) in [6, 6.07) is 8.42. The van der Waals surface area contributed by atoms with Crippen LogP contribution in [-0.2, 0) is 19.4 Å². The van der Waals surface area contributed by atoms with Crippen molar-refractivity contribution in [2.75, 3.05) is 20.2 Å². The van der Waals surface area contributed by atoms with Crippen LogP contribution >= 0.6 is 0 Å². The molecule has 1 aliphatic rings. The number of aromatic nitrogens is 2. The number of likely N-dealkylation sites (tertiary alicyclic amines) is 1. The van der Waals surface area contributed by atoms with Crippen molar-refractivity contribution >= 4 is 0 Å². The van der Waals surface area contributed by atoms with Crippen LogP contribution in [0.15, 0.2) is 28.7 Å². The maximum Gasteiger partial charge on any atom is 0.230 e. The second-order valence-electron chi connectivity index (χ2n) is 6.22. The second kappa shape index (κ2) is 7.59. The SMILES string of the molecule is CCc1nnc(CN2CCC(Cc3cccc(OC)c3)CC2)o1. The summed E-state index contributed by atoms with van der Waals surface area (Å²) in [4.78, 5) is 2.41. The molecule has 0 bridgehead atoms. The van der Waals surface area contributed by atoms with E-state index in [1.165, 1.54) is 18.4 Å². The van der Waals surface area contributed by atoms with Gasteiger partial charge >= 0.3 is 0 Å². The molecule has 0 aliphatic carbocycles. The molecule has 1 aromatic heterocycles. The average Bonchev–Trinajstić information content (AvgIpc) is 3.04. The van der Waals surface area contributed by atoms with Gasteiger partial charge < -0.3 is 9.15 Å². The van der Waals surface area contributed by atoms with Crippen molar-refractivity contribution in [1.29, 1.82) is 0 Å². The van der Waals surface area contributed by atoms with Crippen LogP contribution in [0.2, 0.25) is 0 Å². The van der Waals surface area contributed by atoms with E-state index in [-0.39, 0.29) is 0 Å². The predicted molar refractivity (Wildman–Crippen MR) is 88.4 cm³/mol. The van der Waals surface area contributed by atoms with E-state index in [2.05, 4.69) is 33.3 Å². The molecule has 0 saturated carbocycles. The molecular formula is C18H25N3O2. The summed E-state index contributed by atoms with van der Waals surface area (Å²) in [5.41, 5.74) is 1.37. The van der Waals surface area contributed by atoms with Crippen molar-refractivity contribution in [2.45, 2.75) is 39.2 Å². The van der Waals surface area contributed by atoms with Crippen molar-refractivity contribution in [3.63, 3.8) is 0 Å². The van der Waals surface area contributed by atoms with Crippen LogP contribution in [0.3, 0.4) is 0 Å². The third-order valence-electron chi connectivity index (χ3n) is 4.54.